The van der Waals surface area contributed by atoms with E-state index in [2.05, 4.69) is 16.8 Å². The Hall–Kier alpha value is -2.18. The first-order chi connectivity index (χ1) is 12.8. The standard InChI is InChI=1S/C20H30N4O3/c1-4-5-16-12-21-15(3)22-18(16)23-10-8-20(9-11-23)7-6-17(25)24(13-20)14(2)19(26)27/h12,14H,4-11,13H2,1-3H3,(H,26,27). The molecule has 0 radical (unpaired) electrons. The molecule has 1 aromatic heterocycles. The number of amides is 1. The second kappa shape index (κ2) is 7.82. The Morgan fingerprint density at radius 2 is 2.04 bits per heavy atom. The number of nitrogens with zero attached hydrogens (tertiary/aromatic N) is 4. The fraction of sp³-hybridized carbons (Fsp3) is 0.700. The van der Waals surface area contributed by atoms with Crippen molar-refractivity contribution in [2.24, 2.45) is 5.41 Å². The normalized spacial score (nSPS) is 20.8. The third-order valence-corrected chi connectivity index (χ3v) is 6.13. The number of rotatable bonds is 5. The third kappa shape index (κ3) is 4.06. The molecule has 3 heterocycles. The van der Waals surface area contributed by atoms with E-state index < -0.39 is 12.0 Å². The van der Waals surface area contributed by atoms with Crippen LogP contribution in [0.4, 0.5) is 5.82 Å². The molecule has 1 spiro atoms. The summed E-state index contributed by atoms with van der Waals surface area (Å²) in [6.07, 6.45) is 7.19. The van der Waals surface area contributed by atoms with Crippen molar-refractivity contribution in [2.45, 2.75) is 65.3 Å². The Balaban J connectivity index is 1.72. The third-order valence-electron chi connectivity index (χ3n) is 6.13. The smallest absolute Gasteiger partial charge is 0.326 e. The van der Waals surface area contributed by atoms with Crippen LogP contribution in [0.2, 0.25) is 0 Å². The van der Waals surface area contributed by atoms with Gasteiger partial charge in [-0.3, -0.25) is 4.79 Å². The lowest BCUT2D eigenvalue weighted by molar-refractivity contribution is -0.154. The summed E-state index contributed by atoms with van der Waals surface area (Å²) in [5.41, 5.74) is 1.22. The molecule has 0 aliphatic carbocycles. The Kier molecular flexibility index (Phi) is 5.67. The van der Waals surface area contributed by atoms with E-state index >= 15 is 0 Å². The maximum Gasteiger partial charge on any atom is 0.326 e. The number of piperidine rings is 2. The number of carbonyl (C=O) groups is 2. The number of anilines is 1. The van der Waals surface area contributed by atoms with Gasteiger partial charge in [0.15, 0.2) is 0 Å². The molecule has 1 N–H and O–H groups in total. The van der Waals surface area contributed by atoms with Gasteiger partial charge in [0, 0.05) is 37.8 Å². The van der Waals surface area contributed by atoms with Gasteiger partial charge in [0.2, 0.25) is 5.91 Å². The molecule has 148 valence electrons. The molecule has 2 aliphatic rings. The molecular weight excluding hydrogens is 344 g/mol. The van der Waals surface area contributed by atoms with Crippen LogP contribution in [0.3, 0.4) is 0 Å². The van der Waals surface area contributed by atoms with Gasteiger partial charge < -0.3 is 14.9 Å². The molecule has 7 nitrogen and oxygen atoms in total. The molecule has 2 aliphatic heterocycles. The van der Waals surface area contributed by atoms with Crippen molar-refractivity contribution < 1.29 is 14.7 Å². The number of hydrogen-bond acceptors (Lipinski definition) is 5. The lowest BCUT2D eigenvalue weighted by Gasteiger charge is -2.48. The van der Waals surface area contributed by atoms with Crippen LogP contribution in [-0.2, 0) is 16.0 Å². The van der Waals surface area contributed by atoms with Gasteiger partial charge in [-0.1, -0.05) is 13.3 Å². The summed E-state index contributed by atoms with van der Waals surface area (Å²) < 4.78 is 0. The summed E-state index contributed by atoms with van der Waals surface area (Å²) in [4.78, 5) is 36.6. The quantitative estimate of drug-likeness (QED) is 0.852. The van der Waals surface area contributed by atoms with Crippen molar-refractivity contribution in [1.29, 1.82) is 0 Å². The minimum atomic E-state index is -0.932. The molecule has 1 atom stereocenters. The molecule has 0 saturated carbocycles. The Bertz CT molecular complexity index is 713. The number of aliphatic carboxylic acids is 1. The van der Waals surface area contributed by atoms with E-state index in [1.807, 2.05) is 13.1 Å². The SMILES string of the molecule is CCCc1cnc(C)nc1N1CCC2(CCC(=O)N(C(C)C(=O)O)C2)CC1. The highest BCUT2D eigenvalue weighted by Crippen LogP contribution is 2.41. The van der Waals surface area contributed by atoms with E-state index in [0.29, 0.717) is 13.0 Å². The lowest BCUT2D eigenvalue weighted by Crippen LogP contribution is -2.55. The van der Waals surface area contributed by atoms with E-state index in [9.17, 15) is 14.7 Å². The molecule has 3 rings (SSSR count). The molecule has 2 saturated heterocycles. The zero-order valence-corrected chi connectivity index (χ0v) is 16.6. The molecule has 1 unspecified atom stereocenters. The van der Waals surface area contributed by atoms with Crippen molar-refractivity contribution in [3.63, 3.8) is 0 Å². The molecule has 0 bridgehead atoms. The first kappa shape index (κ1) is 19.6. The Labute approximate surface area is 160 Å². The molecule has 2 fully saturated rings. The van der Waals surface area contributed by atoms with Crippen LogP contribution < -0.4 is 4.90 Å². The highest BCUT2D eigenvalue weighted by Gasteiger charge is 2.43. The van der Waals surface area contributed by atoms with Gasteiger partial charge >= 0.3 is 5.97 Å². The molecule has 1 aromatic rings. The van der Waals surface area contributed by atoms with Gasteiger partial charge in [0.25, 0.3) is 0 Å². The van der Waals surface area contributed by atoms with Gasteiger partial charge in [0.05, 0.1) is 0 Å². The van der Waals surface area contributed by atoms with Gasteiger partial charge in [-0.05, 0) is 44.9 Å². The molecular formula is C20H30N4O3. The Morgan fingerprint density at radius 1 is 1.33 bits per heavy atom. The summed E-state index contributed by atoms with van der Waals surface area (Å²) >= 11 is 0. The van der Waals surface area contributed by atoms with E-state index in [4.69, 9.17) is 4.98 Å². The van der Waals surface area contributed by atoms with Crippen LogP contribution in [0.25, 0.3) is 0 Å². The van der Waals surface area contributed by atoms with Crippen LogP contribution in [-0.4, -0.2) is 57.5 Å². The number of aryl methyl sites for hydroxylation is 2. The minimum absolute atomic E-state index is 0.0289. The average molecular weight is 374 g/mol. The predicted molar refractivity (Wildman–Crippen MR) is 103 cm³/mol. The van der Waals surface area contributed by atoms with E-state index in [1.54, 1.807) is 11.8 Å². The second-order valence-corrected chi connectivity index (χ2v) is 8.04. The molecule has 1 amide bonds. The van der Waals surface area contributed by atoms with Crippen molar-refractivity contribution in [3.8, 4) is 0 Å². The maximum atomic E-state index is 12.2. The van der Waals surface area contributed by atoms with E-state index in [-0.39, 0.29) is 11.3 Å². The topological polar surface area (TPSA) is 86.6 Å². The summed E-state index contributed by atoms with van der Waals surface area (Å²) in [6, 6.07) is -0.756. The average Bonchev–Trinajstić information content (AvgIpc) is 2.65. The number of carboxylic acids is 1. The van der Waals surface area contributed by atoms with Gasteiger partial charge in [-0.2, -0.15) is 0 Å². The van der Waals surface area contributed by atoms with Crippen molar-refractivity contribution in [3.05, 3.63) is 17.6 Å². The van der Waals surface area contributed by atoms with Gasteiger partial charge in [-0.25, -0.2) is 14.8 Å². The molecule has 7 heteroatoms. The van der Waals surface area contributed by atoms with Crippen molar-refractivity contribution in [2.75, 3.05) is 24.5 Å². The summed E-state index contributed by atoms with van der Waals surface area (Å²) in [7, 11) is 0. The zero-order chi connectivity index (χ0) is 19.6. The number of carbonyl (C=O) groups excluding carboxylic acids is 1. The summed E-state index contributed by atoms with van der Waals surface area (Å²) in [5, 5.41) is 9.32. The Morgan fingerprint density at radius 3 is 2.67 bits per heavy atom. The van der Waals surface area contributed by atoms with Gasteiger partial charge in [0.1, 0.15) is 17.7 Å². The van der Waals surface area contributed by atoms with E-state index in [0.717, 1.165) is 56.8 Å². The predicted octanol–water partition coefficient (Wildman–Crippen LogP) is 2.42. The number of aromatic nitrogens is 2. The number of likely N-dealkylation sites (tertiary alicyclic amines) is 1. The first-order valence-electron chi connectivity index (χ1n) is 9.95. The second-order valence-electron chi connectivity index (χ2n) is 8.04. The van der Waals surface area contributed by atoms with E-state index in [1.165, 1.54) is 5.56 Å². The van der Waals surface area contributed by atoms with Crippen molar-refractivity contribution >= 4 is 17.7 Å². The minimum Gasteiger partial charge on any atom is -0.480 e. The summed E-state index contributed by atoms with van der Waals surface area (Å²) in [6.45, 7) is 8.01. The monoisotopic (exact) mass is 374 g/mol. The lowest BCUT2D eigenvalue weighted by atomic mass is 9.72. The molecule has 0 aromatic carbocycles. The number of carboxylic acid groups (broad SMARTS) is 1. The highest BCUT2D eigenvalue weighted by atomic mass is 16.4. The fourth-order valence-corrected chi connectivity index (χ4v) is 4.33. The van der Waals surface area contributed by atoms with Crippen LogP contribution >= 0.6 is 0 Å². The van der Waals surface area contributed by atoms with Crippen LogP contribution in [0.15, 0.2) is 6.20 Å². The van der Waals surface area contributed by atoms with Crippen LogP contribution in [0.5, 0.6) is 0 Å². The number of hydrogen-bond donors (Lipinski definition) is 1. The maximum absolute atomic E-state index is 12.2. The first-order valence-corrected chi connectivity index (χ1v) is 9.95. The van der Waals surface area contributed by atoms with Crippen LogP contribution in [0.1, 0.15) is 57.3 Å². The zero-order valence-electron chi connectivity index (χ0n) is 16.6. The fourth-order valence-electron chi connectivity index (χ4n) is 4.33. The summed E-state index contributed by atoms with van der Waals surface area (Å²) in [5.74, 6) is 0.866. The van der Waals surface area contributed by atoms with Crippen molar-refractivity contribution in [1.82, 2.24) is 14.9 Å². The largest absolute Gasteiger partial charge is 0.480 e. The van der Waals surface area contributed by atoms with Crippen LogP contribution in [0, 0.1) is 12.3 Å². The highest BCUT2D eigenvalue weighted by molar-refractivity contribution is 5.84. The molecule has 27 heavy (non-hydrogen) atoms. The van der Waals surface area contributed by atoms with Gasteiger partial charge in [-0.15, -0.1) is 0 Å².